The maximum atomic E-state index is 12.4. The number of urea groups is 1. The molecule has 0 spiro atoms. The molecule has 1 aliphatic heterocycles. The lowest BCUT2D eigenvalue weighted by Gasteiger charge is -2.28. The zero-order chi connectivity index (χ0) is 16.1. The summed E-state index contributed by atoms with van der Waals surface area (Å²) in [4.78, 5) is 24.1. The molecule has 0 aliphatic carbocycles. The molecule has 2 N–H and O–H groups in total. The molecule has 5 nitrogen and oxygen atoms in total. The van der Waals surface area contributed by atoms with Crippen molar-refractivity contribution in [2.24, 2.45) is 0 Å². The topological polar surface area (TPSA) is 67.4 Å². The van der Waals surface area contributed by atoms with Crippen LogP contribution in [0.3, 0.4) is 0 Å². The summed E-state index contributed by atoms with van der Waals surface area (Å²) in [5.74, 6) is -0.427. The molecule has 0 aromatic heterocycles. The average Bonchev–Trinajstić information content (AvgIpc) is 2.46. The Bertz CT molecular complexity index is 613. The Morgan fingerprint density at radius 1 is 1.41 bits per heavy atom. The lowest BCUT2D eigenvalue weighted by atomic mass is 9.95. The van der Waals surface area contributed by atoms with Crippen molar-refractivity contribution in [2.45, 2.75) is 32.7 Å². The first-order valence-corrected chi connectivity index (χ1v) is 7.61. The minimum atomic E-state index is -0.568. The summed E-state index contributed by atoms with van der Waals surface area (Å²) in [5.41, 5.74) is 1.64. The van der Waals surface area contributed by atoms with Crippen LogP contribution in [0.5, 0.6) is 0 Å². The third-order valence-corrected chi connectivity index (χ3v) is 3.64. The number of carbonyl (C=O) groups is 2. The highest BCUT2D eigenvalue weighted by Crippen LogP contribution is 2.29. The van der Waals surface area contributed by atoms with Crippen molar-refractivity contribution in [3.05, 3.63) is 46.1 Å². The molecule has 0 unspecified atom stereocenters. The smallest absolute Gasteiger partial charge is 0.338 e. The van der Waals surface area contributed by atoms with E-state index in [9.17, 15) is 9.59 Å². The SMILES string of the molecule is CCCCOC(=O)C1=C(C)NC(=O)N[C@H]1c1cccc(Cl)c1. The maximum Gasteiger partial charge on any atom is 0.338 e. The van der Waals surface area contributed by atoms with Gasteiger partial charge in [0.15, 0.2) is 0 Å². The van der Waals surface area contributed by atoms with Crippen molar-refractivity contribution in [3.8, 4) is 0 Å². The van der Waals surface area contributed by atoms with Crippen molar-refractivity contribution in [1.82, 2.24) is 10.6 Å². The lowest BCUT2D eigenvalue weighted by molar-refractivity contribution is -0.139. The summed E-state index contributed by atoms with van der Waals surface area (Å²) in [6.07, 6.45) is 1.75. The minimum Gasteiger partial charge on any atom is -0.462 e. The molecule has 2 amide bonds. The Kier molecular flexibility index (Phi) is 5.44. The first-order chi connectivity index (χ1) is 10.5. The second-order valence-corrected chi connectivity index (χ2v) is 5.55. The van der Waals surface area contributed by atoms with Gasteiger partial charge in [0, 0.05) is 10.7 Å². The molecule has 0 saturated heterocycles. The van der Waals surface area contributed by atoms with E-state index in [1.54, 1.807) is 25.1 Å². The van der Waals surface area contributed by atoms with E-state index in [0.717, 1.165) is 18.4 Å². The Labute approximate surface area is 134 Å². The summed E-state index contributed by atoms with van der Waals surface area (Å²) >= 11 is 6.01. The maximum absolute atomic E-state index is 12.4. The van der Waals surface area contributed by atoms with E-state index in [-0.39, 0.29) is 6.03 Å². The van der Waals surface area contributed by atoms with Crippen LogP contribution in [0.15, 0.2) is 35.5 Å². The first kappa shape index (κ1) is 16.4. The molecule has 1 atom stereocenters. The molecular formula is C16H19ClN2O3. The number of hydrogen-bond donors (Lipinski definition) is 2. The Hall–Kier alpha value is -2.01. The Morgan fingerprint density at radius 2 is 2.18 bits per heavy atom. The Balaban J connectivity index is 2.30. The molecule has 1 aromatic rings. The number of rotatable bonds is 5. The number of hydrogen-bond acceptors (Lipinski definition) is 3. The van der Waals surface area contributed by atoms with Gasteiger partial charge in [-0.2, -0.15) is 0 Å². The molecule has 2 rings (SSSR count). The fraction of sp³-hybridized carbons (Fsp3) is 0.375. The van der Waals surface area contributed by atoms with Gasteiger partial charge < -0.3 is 15.4 Å². The van der Waals surface area contributed by atoms with Crippen LogP contribution in [-0.4, -0.2) is 18.6 Å². The fourth-order valence-electron chi connectivity index (χ4n) is 2.29. The number of carbonyl (C=O) groups excluding carboxylic acids is 2. The van der Waals surface area contributed by atoms with E-state index >= 15 is 0 Å². The molecule has 6 heteroatoms. The minimum absolute atomic E-state index is 0.354. The number of esters is 1. The molecule has 118 valence electrons. The van der Waals surface area contributed by atoms with Gasteiger partial charge in [-0.15, -0.1) is 0 Å². The summed E-state index contributed by atoms with van der Waals surface area (Å²) in [7, 11) is 0. The molecule has 0 radical (unpaired) electrons. The summed E-state index contributed by atoms with van der Waals surface area (Å²) in [5, 5.41) is 5.90. The summed E-state index contributed by atoms with van der Waals surface area (Å²) in [6, 6.07) is 6.14. The third-order valence-electron chi connectivity index (χ3n) is 3.40. The van der Waals surface area contributed by atoms with Crippen molar-refractivity contribution in [2.75, 3.05) is 6.61 Å². The molecular weight excluding hydrogens is 304 g/mol. The highest BCUT2D eigenvalue weighted by Gasteiger charge is 2.32. The molecule has 1 aromatic carbocycles. The number of amides is 2. The van der Waals surface area contributed by atoms with Gasteiger partial charge in [0.25, 0.3) is 0 Å². The molecule has 1 heterocycles. The fourth-order valence-corrected chi connectivity index (χ4v) is 2.49. The van der Waals surface area contributed by atoms with E-state index in [1.807, 2.05) is 13.0 Å². The Morgan fingerprint density at radius 3 is 2.86 bits per heavy atom. The van der Waals surface area contributed by atoms with Crippen LogP contribution in [-0.2, 0) is 9.53 Å². The first-order valence-electron chi connectivity index (χ1n) is 7.23. The second-order valence-electron chi connectivity index (χ2n) is 5.11. The van der Waals surface area contributed by atoms with Gasteiger partial charge in [-0.05, 0) is 31.0 Å². The van der Waals surface area contributed by atoms with E-state index in [4.69, 9.17) is 16.3 Å². The zero-order valence-electron chi connectivity index (χ0n) is 12.6. The largest absolute Gasteiger partial charge is 0.462 e. The average molecular weight is 323 g/mol. The number of benzene rings is 1. The van der Waals surface area contributed by atoms with Crippen molar-refractivity contribution in [3.63, 3.8) is 0 Å². The molecule has 0 fully saturated rings. The van der Waals surface area contributed by atoms with Crippen LogP contribution in [0.25, 0.3) is 0 Å². The van der Waals surface area contributed by atoms with Gasteiger partial charge in [-0.25, -0.2) is 9.59 Å². The quantitative estimate of drug-likeness (QED) is 0.645. The number of halogens is 1. The predicted octanol–water partition coefficient (Wildman–Crippen LogP) is 3.31. The van der Waals surface area contributed by atoms with E-state index in [0.29, 0.717) is 22.9 Å². The standard InChI is InChI=1S/C16H19ClN2O3/c1-3-4-8-22-15(20)13-10(2)18-16(21)19-14(13)11-6-5-7-12(17)9-11/h5-7,9,14H,3-4,8H2,1-2H3,(H2,18,19,21)/t14-/m0/s1. The highest BCUT2D eigenvalue weighted by atomic mass is 35.5. The van der Waals surface area contributed by atoms with Crippen LogP contribution >= 0.6 is 11.6 Å². The third kappa shape index (κ3) is 3.80. The molecule has 22 heavy (non-hydrogen) atoms. The number of unbranched alkanes of at least 4 members (excludes halogenated alkanes) is 1. The van der Waals surface area contributed by atoms with E-state index < -0.39 is 12.0 Å². The van der Waals surface area contributed by atoms with Crippen LogP contribution in [0.1, 0.15) is 38.3 Å². The predicted molar refractivity (Wildman–Crippen MR) is 84.4 cm³/mol. The van der Waals surface area contributed by atoms with Gasteiger partial charge in [-0.3, -0.25) is 0 Å². The second kappa shape index (κ2) is 7.31. The van der Waals surface area contributed by atoms with Crippen LogP contribution in [0.2, 0.25) is 5.02 Å². The number of nitrogens with one attached hydrogen (secondary N) is 2. The van der Waals surface area contributed by atoms with Gasteiger partial charge in [0.1, 0.15) is 0 Å². The van der Waals surface area contributed by atoms with Crippen LogP contribution in [0.4, 0.5) is 4.79 Å². The number of ether oxygens (including phenoxy) is 1. The number of allylic oxidation sites excluding steroid dienone is 1. The monoisotopic (exact) mass is 322 g/mol. The van der Waals surface area contributed by atoms with Crippen LogP contribution < -0.4 is 10.6 Å². The molecule has 0 saturated carbocycles. The normalized spacial score (nSPS) is 17.8. The van der Waals surface area contributed by atoms with Crippen molar-refractivity contribution < 1.29 is 14.3 Å². The summed E-state index contributed by atoms with van der Waals surface area (Å²) in [6.45, 7) is 4.07. The molecule has 1 aliphatic rings. The van der Waals surface area contributed by atoms with Gasteiger partial charge in [-0.1, -0.05) is 37.1 Å². The zero-order valence-corrected chi connectivity index (χ0v) is 13.4. The van der Waals surface area contributed by atoms with Crippen molar-refractivity contribution in [1.29, 1.82) is 0 Å². The highest BCUT2D eigenvalue weighted by molar-refractivity contribution is 6.30. The van der Waals surface area contributed by atoms with Crippen molar-refractivity contribution >= 4 is 23.6 Å². The molecule has 0 bridgehead atoms. The summed E-state index contributed by atoms with van der Waals surface area (Å²) < 4.78 is 5.29. The van der Waals surface area contributed by atoms with E-state index in [1.165, 1.54) is 0 Å². The van der Waals surface area contributed by atoms with Gasteiger partial charge >= 0.3 is 12.0 Å². The van der Waals surface area contributed by atoms with E-state index in [2.05, 4.69) is 10.6 Å². The van der Waals surface area contributed by atoms with Crippen LogP contribution in [0, 0.1) is 0 Å². The lowest BCUT2D eigenvalue weighted by Crippen LogP contribution is -2.45. The van der Waals surface area contributed by atoms with Gasteiger partial charge in [0.2, 0.25) is 0 Å². The van der Waals surface area contributed by atoms with Gasteiger partial charge in [0.05, 0.1) is 18.2 Å².